The van der Waals surface area contributed by atoms with Gasteiger partial charge in [0.15, 0.2) is 0 Å². The highest BCUT2D eigenvalue weighted by molar-refractivity contribution is 9.10. The number of nitrogens with zero attached hydrogens (tertiary/aromatic N) is 2. The lowest BCUT2D eigenvalue weighted by Gasteiger charge is -2.35. The van der Waals surface area contributed by atoms with Gasteiger partial charge in [0.1, 0.15) is 24.1 Å². The van der Waals surface area contributed by atoms with Gasteiger partial charge in [-0.1, -0.05) is 77.7 Å². The molecule has 1 atom stereocenters. The van der Waals surface area contributed by atoms with Crippen LogP contribution in [-0.4, -0.2) is 64.2 Å². The van der Waals surface area contributed by atoms with E-state index in [0.29, 0.717) is 5.75 Å². The zero-order valence-electron chi connectivity index (χ0n) is 25.4. The monoisotopic (exact) mass is 685 g/mol. The number of ether oxygens (including phenoxy) is 2. The van der Waals surface area contributed by atoms with Gasteiger partial charge >= 0.3 is 0 Å². The van der Waals surface area contributed by atoms with E-state index in [0.717, 1.165) is 58.3 Å². The number of carbonyl (C=O) groups is 2. The van der Waals surface area contributed by atoms with E-state index in [4.69, 9.17) is 9.47 Å². The van der Waals surface area contributed by atoms with E-state index in [2.05, 4.69) is 21.2 Å². The fraction of sp³-hybridized carbons (Fsp3) is 0.394. The van der Waals surface area contributed by atoms with Crippen LogP contribution in [0.3, 0.4) is 0 Å². The fourth-order valence-electron chi connectivity index (χ4n) is 5.52. The average molecular weight is 687 g/mol. The molecule has 1 fully saturated rings. The van der Waals surface area contributed by atoms with E-state index in [-0.39, 0.29) is 36.4 Å². The summed E-state index contributed by atoms with van der Waals surface area (Å²) < 4.78 is 39.0. The van der Waals surface area contributed by atoms with Crippen LogP contribution in [0.4, 0.5) is 5.69 Å². The average Bonchev–Trinajstić information content (AvgIpc) is 3.01. The maximum atomic E-state index is 14.4. The number of methoxy groups -OCH3 is 2. The van der Waals surface area contributed by atoms with Crippen molar-refractivity contribution >= 4 is 43.5 Å². The number of hydrogen-bond acceptors (Lipinski definition) is 6. The molecule has 0 aromatic heterocycles. The molecule has 1 saturated carbocycles. The number of halogens is 1. The second-order valence-corrected chi connectivity index (χ2v) is 13.8. The Hall–Kier alpha value is -3.57. The van der Waals surface area contributed by atoms with E-state index >= 15 is 0 Å². The van der Waals surface area contributed by atoms with Gasteiger partial charge in [-0.2, -0.15) is 0 Å². The summed E-state index contributed by atoms with van der Waals surface area (Å²) in [6, 6.07) is 20.9. The predicted octanol–water partition coefficient (Wildman–Crippen LogP) is 5.32. The van der Waals surface area contributed by atoms with Crippen LogP contribution in [0.15, 0.2) is 77.3 Å². The molecule has 11 heteroatoms. The first-order valence-corrected chi connectivity index (χ1v) is 17.3. The van der Waals surface area contributed by atoms with Gasteiger partial charge in [0, 0.05) is 29.5 Å². The molecule has 0 unspecified atom stereocenters. The Kier molecular flexibility index (Phi) is 11.7. The number of rotatable bonds is 13. The topological polar surface area (TPSA) is 105 Å². The first kappa shape index (κ1) is 33.3. The van der Waals surface area contributed by atoms with E-state index in [9.17, 15) is 18.0 Å². The Morgan fingerprint density at radius 2 is 1.64 bits per heavy atom. The van der Waals surface area contributed by atoms with Crippen molar-refractivity contribution in [2.24, 2.45) is 0 Å². The largest absolute Gasteiger partial charge is 0.497 e. The molecule has 3 aromatic carbocycles. The minimum Gasteiger partial charge on any atom is -0.497 e. The molecular weight excluding hydrogens is 646 g/mol. The summed E-state index contributed by atoms with van der Waals surface area (Å²) in [4.78, 5) is 30.0. The molecule has 9 nitrogen and oxygen atoms in total. The first-order valence-electron chi connectivity index (χ1n) is 14.7. The quantitative estimate of drug-likeness (QED) is 0.261. The normalized spacial score (nSPS) is 14.4. The highest BCUT2D eigenvalue weighted by Gasteiger charge is 2.35. The van der Waals surface area contributed by atoms with Crippen LogP contribution in [0.5, 0.6) is 11.5 Å². The Morgan fingerprint density at radius 3 is 2.27 bits per heavy atom. The summed E-state index contributed by atoms with van der Waals surface area (Å²) in [7, 11) is -1.07. The number of sulfonamides is 1. The molecule has 2 amide bonds. The Balaban J connectivity index is 1.76. The van der Waals surface area contributed by atoms with Gasteiger partial charge in [0.25, 0.3) is 0 Å². The molecule has 4 rings (SSSR count). The van der Waals surface area contributed by atoms with Crippen LogP contribution < -0.4 is 19.1 Å². The van der Waals surface area contributed by atoms with E-state index < -0.39 is 28.5 Å². The number of nitrogens with one attached hydrogen (secondary N) is 1. The molecule has 0 saturated heterocycles. The van der Waals surface area contributed by atoms with Gasteiger partial charge in [-0.25, -0.2) is 8.42 Å². The SMILES string of the molecule is COc1ccc(OC)c(N(CC(=O)N(Cc2cccc(Br)c2)[C@H](Cc2ccccc2)C(=O)NC2CCCCC2)S(C)(=O)=O)c1. The van der Waals surface area contributed by atoms with Crippen molar-refractivity contribution in [3.63, 3.8) is 0 Å². The van der Waals surface area contributed by atoms with Crippen LogP contribution in [0.25, 0.3) is 0 Å². The molecule has 0 spiro atoms. The van der Waals surface area contributed by atoms with Gasteiger partial charge in [0.2, 0.25) is 21.8 Å². The zero-order chi connectivity index (χ0) is 31.7. The van der Waals surface area contributed by atoms with Crippen molar-refractivity contribution in [2.45, 2.75) is 57.2 Å². The van der Waals surface area contributed by atoms with Crippen molar-refractivity contribution in [1.29, 1.82) is 0 Å². The minimum absolute atomic E-state index is 0.0332. The molecule has 1 aliphatic rings. The number of benzene rings is 3. The van der Waals surface area contributed by atoms with Gasteiger partial charge in [-0.3, -0.25) is 13.9 Å². The predicted molar refractivity (Wildman–Crippen MR) is 175 cm³/mol. The number of carbonyl (C=O) groups excluding carboxylic acids is 2. The summed E-state index contributed by atoms with van der Waals surface area (Å²) in [5.74, 6) is -0.117. The lowest BCUT2D eigenvalue weighted by molar-refractivity contribution is -0.140. The lowest BCUT2D eigenvalue weighted by atomic mass is 9.94. The molecule has 0 radical (unpaired) electrons. The maximum Gasteiger partial charge on any atom is 0.244 e. The summed E-state index contributed by atoms with van der Waals surface area (Å²) in [6.07, 6.45) is 6.31. The third kappa shape index (κ3) is 8.98. The van der Waals surface area contributed by atoms with Crippen LogP contribution in [0.1, 0.15) is 43.2 Å². The summed E-state index contributed by atoms with van der Waals surface area (Å²) in [6.45, 7) is -0.445. The number of anilines is 1. The molecule has 0 aliphatic heterocycles. The number of hydrogen-bond donors (Lipinski definition) is 1. The standard InChI is InChI=1S/C33H40BrN3O6S/c1-42-28-17-18-31(43-2)29(21-28)37(44(3,40)41)23-32(38)36(22-25-13-10-14-26(34)19-25)30(20-24-11-6-4-7-12-24)33(39)35-27-15-8-5-9-16-27/h4,6-7,10-14,17-19,21,27,30H,5,8-9,15-16,20,22-23H2,1-3H3,(H,35,39)/t30-/m1/s1. The fourth-order valence-corrected chi connectivity index (χ4v) is 6.81. The van der Waals surface area contributed by atoms with Crippen molar-refractivity contribution in [2.75, 3.05) is 31.3 Å². The smallest absolute Gasteiger partial charge is 0.244 e. The molecule has 0 bridgehead atoms. The third-order valence-electron chi connectivity index (χ3n) is 7.80. The molecule has 44 heavy (non-hydrogen) atoms. The number of amides is 2. The highest BCUT2D eigenvalue weighted by atomic mass is 79.9. The first-order chi connectivity index (χ1) is 21.1. The van der Waals surface area contributed by atoms with Crippen molar-refractivity contribution < 1.29 is 27.5 Å². The van der Waals surface area contributed by atoms with Gasteiger partial charge in [-0.15, -0.1) is 0 Å². The van der Waals surface area contributed by atoms with Gasteiger partial charge in [-0.05, 0) is 48.2 Å². The lowest BCUT2D eigenvalue weighted by Crippen LogP contribution is -2.55. The van der Waals surface area contributed by atoms with Gasteiger partial charge < -0.3 is 19.7 Å². The maximum absolute atomic E-state index is 14.4. The van der Waals surface area contributed by atoms with Gasteiger partial charge in [0.05, 0.1) is 26.2 Å². The summed E-state index contributed by atoms with van der Waals surface area (Å²) in [5, 5.41) is 3.21. The molecule has 3 aromatic rings. The van der Waals surface area contributed by atoms with E-state index in [1.165, 1.54) is 25.2 Å². The van der Waals surface area contributed by atoms with Crippen LogP contribution in [0, 0.1) is 0 Å². The molecule has 0 heterocycles. The van der Waals surface area contributed by atoms with E-state index in [1.807, 2.05) is 54.6 Å². The Morgan fingerprint density at radius 1 is 0.932 bits per heavy atom. The van der Waals surface area contributed by atoms with Crippen LogP contribution >= 0.6 is 15.9 Å². The van der Waals surface area contributed by atoms with Crippen molar-refractivity contribution in [3.8, 4) is 11.5 Å². The summed E-state index contributed by atoms with van der Waals surface area (Å²) in [5.41, 5.74) is 1.84. The summed E-state index contributed by atoms with van der Waals surface area (Å²) >= 11 is 3.51. The Labute approximate surface area is 268 Å². The van der Waals surface area contributed by atoms with Crippen LogP contribution in [0.2, 0.25) is 0 Å². The van der Waals surface area contributed by atoms with Crippen molar-refractivity contribution in [1.82, 2.24) is 10.2 Å². The minimum atomic E-state index is -3.97. The molecule has 1 aliphatic carbocycles. The molecular formula is C33H40BrN3O6S. The highest BCUT2D eigenvalue weighted by Crippen LogP contribution is 2.34. The third-order valence-corrected chi connectivity index (χ3v) is 9.42. The second-order valence-electron chi connectivity index (χ2n) is 11.0. The van der Waals surface area contributed by atoms with Crippen LogP contribution in [-0.2, 0) is 32.6 Å². The van der Waals surface area contributed by atoms with Crippen molar-refractivity contribution in [3.05, 3.63) is 88.4 Å². The second kappa shape index (κ2) is 15.4. The molecule has 236 valence electrons. The Bertz CT molecular complexity index is 1530. The molecule has 1 N–H and O–H groups in total. The van der Waals surface area contributed by atoms with E-state index in [1.54, 1.807) is 12.1 Å². The zero-order valence-corrected chi connectivity index (χ0v) is 27.8.